The summed E-state index contributed by atoms with van der Waals surface area (Å²) in [5.74, 6) is -2.78. The average molecular weight is 281 g/mol. The fraction of sp³-hybridized carbons (Fsp3) is 0.909. The molecule has 2 unspecified atom stereocenters. The molecular weight excluding hydrogens is 264 g/mol. The molecule has 7 heteroatoms. The van der Waals surface area contributed by atoms with E-state index < -0.39 is 36.2 Å². The van der Waals surface area contributed by atoms with Crippen LogP contribution in [0.4, 0.5) is 0 Å². The van der Waals surface area contributed by atoms with Gasteiger partial charge in [0, 0.05) is 5.88 Å². The molecule has 0 aromatic carbocycles. The van der Waals surface area contributed by atoms with Crippen molar-refractivity contribution in [3.8, 4) is 0 Å². The molecule has 2 fully saturated rings. The number of carbonyl (C=O) groups is 1. The minimum atomic E-state index is -1.68. The van der Waals surface area contributed by atoms with Crippen molar-refractivity contribution < 1.29 is 28.8 Å². The maximum atomic E-state index is 12.3. The lowest BCUT2D eigenvalue weighted by atomic mass is 9.99. The maximum Gasteiger partial charge on any atom is 0.255 e. The van der Waals surface area contributed by atoms with Crippen LogP contribution in [-0.2, 0) is 23.7 Å². The molecule has 2 rings (SSSR count). The van der Waals surface area contributed by atoms with Crippen LogP contribution in [0.3, 0.4) is 0 Å². The first kappa shape index (κ1) is 14.2. The zero-order valence-electron chi connectivity index (χ0n) is 10.3. The number of halogens is 1. The summed E-state index contributed by atoms with van der Waals surface area (Å²) in [5, 5.41) is 9.38. The number of alkyl halides is 1. The van der Waals surface area contributed by atoms with Gasteiger partial charge in [-0.25, -0.2) is 0 Å². The predicted octanol–water partition coefficient (Wildman–Crippen LogP) is 0.0498. The van der Waals surface area contributed by atoms with Gasteiger partial charge < -0.3 is 24.1 Å². The van der Waals surface area contributed by atoms with E-state index in [0.717, 1.165) is 0 Å². The molecule has 0 bridgehead atoms. The van der Waals surface area contributed by atoms with E-state index in [4.69, 9.17) is 30.5 Å². The monoisotopic (exact) mass is 280 g/mol. The Morgan fingerprint density at radius 2 is 2.22 bits per heavy atom. The SMILES string of the molecule is CC1(C)OC2CO[C@@](CO)(OCCCl)C(=O)C2O1. The van der Waals surface area contributed by atoms with Gasteiger partial charge in [-0.2, -0.15) is 0 Å². The summed E-state index contributed by atoms with van der Waals surface area (Å²) >= 11 is 5.51. The van der Waals surface area contributed by atoms with Gasteiger partial charge in [0.1, 0.15) is 12.7 Å². The van der Waals surface area contributed by atoms with E-state index in [1.54, 1.807) is 13.8 Å². The summed E-state index contributed by atoms with van der Waals surface area (Å²) in [6.07, 6.45) is -1.25. The normalized spacial score (nSPS) is 38.8. The second-order valence-corrected chi connectivity index (χ2v) is 5.10. The lowest BCUT2D eigenvalue weighted by Gasteiger charge is -2.37. The topological polar surface area (TPSA) is 74.2 Å². The van der Waals surface area contributed by atoms with Gasteiger partial charge in [0.25, 0.3) is 5.79 Å². The molecule has 2 aliphatic heterocycles. The van der Waals surface area contributed by atoms with Crippen LogP contribution in [0, 0.1) is 0 Å². The number of hydrogen-bond acceptors (Lipinski definition) is 6. The van der Waals surface area contributed by atoms with E-state index in [1.165, 1.54) is 0 Å². The fourth-order valence-corrected chi connectivity index (χ4v) is 2.25. The highest BCUT2D eigenvalue weighted by atomic mass is 35.5. The van der Waals surface area contributed by atoms with Crippen LogP contribution >= 0.6 is 11.6 Å². The zero-order chi connectivity index (χ0) is 13.4. The van der Waals surface area contributed by atoms with Gasteiger partial charge in [-0.3, -0.25) is 4.79 Å². The quantitative estimate of drug-likeness (QED) is 0.734. The van der Waals surface area contributed by atoms with Gasteiger partial charge in [-0.1, -0.05) is 0 Å². The number of ether oxygens (including phenoxy) is 4. The Balaban J connectivity index is 2.15. The molecule has 3 atom stereocenters. The van der Waals surface area contributed by atoms with Crippen LogP contribution in [0.25, 0.3) is 0 Å². The molecule has 2 heterocycles. The molecule has 0 aromatic rings. The van der Waals surface area contributed by atoms with Crippen molar-refractivity contribution in [2.24, 2.45) is 0 Å². The van der Waals surface area contributed by atoms with E-state index in [0.29, 0.717) is 0 Å². The predicted molar refractivity (Wildman–Crippen MR) is 61.3 cm³/mol. The first-order valence-electron chi connectivity index (χ1n) is 5.79. The van der Waals surface area contributed by atoms with Gasteiger partial charge in [0.05, 0.1) is 13.2 Å². The lowest BCUT2D eigenvalue weighted by Crippen LogP contribution is -2.60. The summed E-state index contributed by atoms with van der Waals surface area (Å²) in [5.41, 5.74) is 0. The fourth-order valence-electron chi connectivity index (χ4n) is 2.17. The van der Waals surface area contributed by atoms with Gasteiger partial charge in [-0.15, -0.1) is 11.6 Å². The van der Waals surface area contributed by atoms with E-state index >= 15 is 0 Å². The standard InChI is InChI=1S/C11H17ClO6/c1-10(2)17-7-5-16-11(6-13,15-4-3-12)9(14)8(7)18-10/h7-8,13H,3-6H2,1-2H3/t7?,8?,11-/m1/s1. The van der Waals surface area contributed by atoms with Crippen molar-refractivity contribution in [2.75, 3.05) is 25.7 Å². The second-order valence-electron chi connectivity index (χ2n) is 4.72. The first-order valence-corrected chi connectivity index (χ1v) is 6.32. The molecule has 0 saturated carbocycles. The molecule has 0 radical (unpaired) electrons. The highest BCUT2D eigenvalue weighted by Gasteiger charge is 2.57. The molecule has 6 nitrogen and oxygen atoms in total. The van der Waals surface area contributed by atoms with E-state index in [2.05, 4.69) is 0 Å². The van der Waals surface area contributed by atoms with Gasteiger partial charge in [0.15, 0.2) is 11.9 Å². The number of aliphatic hydroxyl groups is 1. The van der Waals surface area contributed by atoms with Crippen LogP contribution in [-0.4, -0.2) is 60.4 Å². The molecule has 104 valence electrons. The van der Waals surface area contributed by atoms with Gasteiger partial charge in [0.2, 0.25) is 5.78 Å². The summed E-state index contributed by atoms with van der Waals surface area (Å²) in [6.45, 7) is 3.10. The molecule has 0 amide bonds. The number of ketones is 1. The number of carbonyl (C=O) groups excluding carboxylic acids is 1. The Morgan fingerprint density at radius 1 is 1.50 bits per heavy atom. The Labute approximate surface area is 110 Å². The van der Waals surface area contributed by atoms with Crippen LogP contribution in [0.15, 0.2) is 0 Å². The van der Waals surface area contributed by atoms with Gasteiger partial charge in [-0.05, 0) is 13.8 Å². The minimum absolute atomic E-state index is 0.107. The Kier molecular flexibility index (Phi) is 3.96. The molecule has 2 aliphatic rings. The molecule has 0 aromatic heterocycles. The highest BCUT2D eigenvalue weighted by molar-refractivity contribution is 6.18. The number of rotatable bonds is 4. The largest absolute Gasteiger partial charge is 0.390 e. The molecule has 18 heavy (non-hydrogen) atoms. The molecule has 0 spiro atoms. The molecule has 0 aliphatic carbocycles. The Morgan fingerprint density at radius 3 is 2.83 bits per heavy atom. The summed E-state index contributed by atoms with van der Waals surface area (Å²) in [7, 11) is 0. The number of aliphatic hydroxyl groups excluding tert-OH is 1. The van der Waals surface area contributed by atoms with E-state index in [1.807, 2.05) is 0 Å². The first-order chi connectivity index (χ1) is 8.44. The van der Waals surface area contributed by atoms with Crippen LogP contribution in [0.5, 0.6) is 0 Å². The second kappa shape index (κ2) is 5.03. The smallest absolute Gasteiger partial charge is 0.255 e. The Hall–Kier alpha value is -0.240. The number of fused-ring (bicyclic) bond motifs is 1. The van der Waals surface area contributed by atoms with Crippen LogP contribution in [0.2, 0.25) is 0 Å². The van der Waals surface area contributed by atoms with Crippen molar-refractivity contribution in [1.82, 2.24) is 0 Å². The number of Topliss-reactive ketones (excluding diaryl/α,β-unsaturated/α-hetero) is 1. The third kappa shape index (κ3) is 2.41. The van der Waals surface area contributed by atoms with Crippen LogP contribution in [0.1, 0.15) is 13.8 Å². The zero-order valence-corrected chi connectivity index (χ0v) is 11.1. The summed E-state index contributed by atoms with van der Waals surface area (Å²) in [4.78, 5) is 12.3. The summed E-state index contributed by atoms with van der Waals surface area (Å²) < 4.78 is 21.7. The lowest BCUT2D eigenvalue weighted by molar-refractivity contribution is -0.264. The molecule has 2 saturated heterocycles. The van der Waals surface area contributed by atoms with Crippen LogP contribution < -0.4 is 0 Å². The van der Waals surface area contributed by atoms with Gasteiger partial charge >= 0.3 is 0 Å². The van der Waals surface area contributed by atoms with Crippen molar-refractivity contribution in [2.45, 2.75) is 37.6 Å². The number of hydrogen-bond donors (Lipinski definition) is 1. The molecular formula is C11H17ClO6. The van der Waals surface area contributed by atoms with E-state index in [9.17, 15) is 9.90 Å². The van der Waals surface area contributed by atoms with E-state index in [-0.39, 0.29) is 19.1 Å². The van der Waals surface area contributed by atoms with Crippen molar-refractivity contribution >= 4 is 17.4 Å². The maximum absolute atomic E-state index is 12.3. The molecule has 1 N–H and O–H groups in total. The third-order valence-corrected chi connectivity index (χ3v) is 3.07. The van der Waals surface area contributed by atoms with Crippen molar-refractivity contribution in [3.05, 3.63) is 0 Å². The highest BCUT2D eigenvalue weighted by Crippen LogP contribution is 2.36. The average Bonchev–Trinajstić information content (AvgIpc) is 2.65. The summed E-state index contributed by atoms with van der Waals surface area (Å²) in [6, 6.07) is 0. The van der Waals surface area contributed by atoms with Crippen molar-refractivity contribution in [3.63, 3.8) is 0 Å². The van der Waals surface area contributed by atoms with Crippen molar-refractivity contribution in [1.29, 1.82) is 0 Å². The minimum Gasteiger partial charge on any atom is -0.390 e. The Bertz CT molecular complexity index is 333. The third-order valence-electron chi connectivity index (χ3n) is 2.92.